The molecule has 78 valence electrons. The molecule has 1 aliphatic heterocycles. The van der Waals surface area contributed by atoms with Gasteiger partial charge in [0.2, 0.25) is 0 Å². The maximum absolute atomic E-state index is 4.72. The van der Waals surface area contributed by atoms with Crippen molar-refractivity contribution >= 4 is 6.21 Å². The predicted octanol–water partition coefficient (Wildman–Crippen LogP) is 3.60. The summed E-state index contributed by atoms with van der Waals surface area (Å²) in [6, 6.07) is 0.611. The minimum Gasteiger partial charge on any atom is -0.289 e. The van der Waals surface area contributed by atoms with Gasteiger partial charge in [0.1, 0.15) is 0 Å². The van der Waals surface area contributed by atoms with Gasteiger partial charge in [-0.15, -0.1) is 0 Å². The van der Waals surface area contributed by atoms with Crippen LogP contribution in [0.2, 0.25) is 0 Å². The Kier molecular flexibility index (Phi) is 3.05. The van der Waals surface area contributed by atoms with Crippen LogP contribution in [0.25, 0.3) is 0 Å². The summed E-state index contributed by atoms with van der Waals surface area (Å²) in [5.41, 5.74) is 1.45. The van der Waals surface area contributed by atoms with Gasteiger partial charge in [0.15, 0.2) is 0 Å². The van der Waals surface area contributed by atoms with Crippen LogP contribution in [0.3, 0.4) is 0 Å². The Morgan fingerprint density at radius 1 is 1.21 bits per heavy atom. The zero-order valence-corrected chi connectivity index (χ0v) is 9.37. The number of fused-ring (bicyclic) bond motifs is 1. The highest BCUT2D eigenvalue weighted by Crippen LogP contribution is 2.31. The molecule has 1 heteroatoms. The summed E-state index contributed by atoms with van der Waals surface area (Å²) in [7, 11) is 0. The van der Waals surface area contributed by atoms with Crippen LogP contribution in [0.1, 0.15) is 46.0 Å². The van der Waals surface area contributed by atoms with E-state index in [9.17, 15) is 0 Å². The molecule has 2 aliphatic rings. The molecule has 1 fully saturated rings. The van der Waals surface area contributed by atoms with Gasteiger partial charge in [-0.25, -0.2) is 0 Å². The summed E-state index contributed by atoms with van der Waals surface area (Å²) in [6.07, 6.45) is 11.5. The summed E-state index contributed by atoms with van der Waals surface area (Å²) in [5, 5.41) is 0. The first kappa shape index (κ1) is 9.95. The summed E-state index contributed by atoms with van der Waals surface area (Å²) in [4.78, 5) is 4.72. The first-order chi connectivity index (χ1) is 6.77. The quantitative estimate of drug-likeness (QED) is 0.600. The maximum Gasteiger partial charge on any atom is 0.0562 e. The van der Waals surface area contributed by atoms with E-state index < -0.39 is 0 Å². The molecule has 0 aromatic rings. The van der Waals surface area contributed by atoms with E-state index >= 15 is 0 Å². The van der Waals surface area contributed by atoms with E-state index in [0.717, 1.165) is 5.92 Å². The van der Waals surface area contributed by atoms with Crippen molar-refractivity contribution in [3.8, 4) is 0 Å². The number of nitrogens with zero attached hydrogens (tertiary/aromatic N) is 1. The number of aliphatic imine (C=N–C) groups is 1. The summed E-state index contributed by atoms with van der Waals surface area (Å²) >= 11 is 0. The highest BCUT2D eigenvalue weighted by Gasteiger charge is 2.24. The van der Waals surface area contributed by atoms with Gasteiger partial charge in [-0.3, -0.25) is 4.99 Å². The van der Waals surface area contributed by atoms with E-state index in [1.165, 1.54) is 37.7 Å². The first-order valence-corrected chi connectivity index (χ1v) is 6.02. The molecule has 1 aliphatic carbocycles. The fourth-order valence-electron chi connectivity index (χ4n) is 2.51. The van der Waals surface area contributed by atoms with Gasteiger partial charge in [-0.05, 0) is 30.3 Å². The normalized spacial score (nSPS) is 32.4. The molecular formula is C13H21N. The number of rotatable bonds is 1. The molecule has 0 N–H and O–H groups in total. The van der Waals surface area contributed by atoms with Crippen molar-refractivity contribution in [2.24, 2.45) is 16.8 Å². The van der Waals surface area contributed by atoms with Gasteiger partial charge < -0.3 is 0 Å². The molecule has 2 unspecified atom stereocenters. The maximum atomic E-state index is 4.72. The van der Waals surface area contributed by atoms with Crippen molar-refractivity contribution in [1.29, 1.82) is 0 Å². The zero-order valence-electron chi connectivity index (χ0n) is 9.37. The van der Waals surface area contributed by atoms with Crippen LogP contribution in [-0.4, -0.2) is 12.3 Å². The third kappa shape index (κ3) is 2.08. The molecule has 0 spiro atoms. The van der Waals surface area contributed by atoms with Crippen LogP contribution in [0, 0.1) is 11.8 Å². The van der Waals surface area contributed by atoms with Gasteiger partial charge in [0.05, 0.1) is 6.04 Å². The highest BCUT2D eigenvalue weighted by molar-refractivity contribution is 5.80. The van der Waals surface area contributed by atoms with E-state index in [4.69, 9.17) is 4.99 Å². The van der Waals surface area contributed by atoms with Crippen molar-refractivity contribution in [2.75, 3.05) is 0 Å². The van der Waals surface area contributed by atoms with Crippen molar-refractivity contribution < 1.29 is 0 Å². The summed E-state index contributed by atoms with van der Waals surface area (Å²) in [5.74, 6) is 1.39. The van der Waals surface area contributed by atoms with E-state index in [1.807, 2.05) is 0 Å². The third-order valence-corrected chi connectivity index (χ3v) is 3.52. The second kappa shape index (κ2) is 4.29. The molecule has 2 atom stereocenters. The molecule has 0 saturated heterocycles. The molecule has 0 aromatic carbocycles. The lowest BCUT2D eigenvalue weighted by molar-refractivity contribution is 0.469. The molecule has 0 amide bonds. The Bertz CT molecular complexity index is 250. The Morgan fingerprint density at radius 3 is 2.79 bits per heavy atom. The lowest BCUT2D eigenvalue weighted by Gasteiger charge is -2.24. The standard InChI is InChI=1S/C13H21N/c1-10(2)12-8-11-6-4-3-5-7-13(11)14-9-12/h8-11,13H,3-7H2,1-2H3. The van der Waals surface area contributed by atoms with Crippen molar-refractivity contribution in [3.63, 3.8) is 0 Å². The van der Waals surface area contributed by atoms with Crippen LogP contribution >= 0.6 is 0 Å². The Hall–Kier alpha value is -0.590. The summed E-state index contributed by atoms with van der Waals surface area (Å²) < 4.78 is 0. The average Bonchev–Trinajstić information content (AvgIpc) is 2.41. The Morgan fingerprint density at radius 2 is 2.00 bits per heavy atom. The van der Waals surface area contributed by atoms with E-state index in [0.29, 0.717) is 12.0 Å². The minimum atomic E-state index is 0.611. The van der Waals surface area contributed by atoms with Gasteiger partial charge in [-0.2, -0.15) is 0 Å². The van der Waals surface area contributed by atoms with Crippen molar-refractivity contribution in [2.45, 2.75) is 52.0 Å². The van der Waals surface area contributed by atoms with Crippen LogP contribution in [0.5, 0.6) is 0 Å². The summed E-state index contributed by atoms with van der Waals surface area (Å²) in [6.45, 7) is 4.52. The van der Waals surface area contributed by atoms with Gasteiger partial charge in [0, 0.05) is 6.21 Å². The van der Waals surface area contributed by atoms with Gasteiger partial charge in [-0.1, -0.05) is 39.2 Å². The lowest BCUT2D eigenvalue weighted by atomic mass is 9.88. The predicted molar refractivity (Wildman–Crippen MR) is 61.8 cm³/mol. The van der Waals surface area contributed by atoms with Crippen LogP contribution in [0.4, 0.5) is 0 Å². The first-order valence-electron chi connectivity index (χ1n) is 6.02. The smallest absolute Gasteiger partial charge is 0.0562 e. The lowest BCUT2D eigenvalue weighted by Crippen LogP contribution is -2.21. The van der Waals surface area contributed by atoms with Crippen molar-refractivity contribution in [3.05, 3.63) is 11.6 Å². The molecule has 1 saturated carbocycles. The second-order valence-electron chi connectivity index (χ2n) is 4.97. The van der Waals surface area contributed by atoms with Crippen LogP contribution in [-0.2, 0) is 0 Å². The Labute approximate surface area is 87.3 Å². The van der Waals surface area contributed by atoms with E-state index in [1.54, 1.807) is 0 Å². The van der Waals surface area contributed by atoms with Gasteiger partial charge >= 0.3 is 0 Å². The molecule has 0 bridgehead atoms. The van der Waals surface area contributed by atoms with Crippen molar-refractivity contribution in [1.82, 2.24) is 0 Å². The van der Waals surface area contributed by atoms with E-state index in [-0.39, 0.29) is 0 Å². The molecule has 2 rings (SSSR count). The SMILES string of the molecule is CC(C)C1=CC2CCCCCC2N=C1. The Balaban J connectivity index is 2.11. The zero-order chi connectivity index (χ0) is 9.97. The molecule has 1 nitrogen and oxygen atoms in total. The number of dihydropyridines is 1. The van der Waals surface area contributed by atoms with Gasteiger partial charge in [0.25, 0.3) is 0 Å². The molecule has 0 radical (unpaired) electrons. The number of hydrogen-bond acceptors (Lipinski definition) is 1. The molecular weight excluding hydrogens is 170 g/mol. The third-order valence-electron chi connectivity index (χ3n) is 3.52. The monoisotopic (exact) mass is 191 g/mol. The fraction of sp³-hybridized carbons (Fsp3) is 0.769. The fourth-order valence-corrected chi connectivity index (χ4v) is 2.51. The van der Waals surface area contributed by atoms with E-state index in [2.05, 4.69) is 26.1 Å². The minimum absolute atomic E-state index is 0.611. The second-order valence-corrected chi connectivity index (χ2v) is 4.97. The molecule has 0 aromatic heterocycles. The van der Waals surface area contributed by atoms with Crippen LogP contribution in [0.15, 0.2) is 16.6 Å². The highest BCUT2D eigenvalue weighted by atomic mass is 14.8. The molecule has 14 heavy (non-hydrogen) atoms. The molecule has 1 heterocycles. The number of hydrogen-bond donors (Lipinski definition) is 0. The average molecular weight is 191 g/mol. The number of allylic oxidation sites excluding steroid dienone is 1. The van der Waals surface area contributed by atoms with Crippen LogP contribution < -0.4 is 0 Å². The largest absolute Gasteiger partial charge is 0.289 e. The topological polar surface area (TPSA) is 12.4 Å².